The molecular formula is C12H23NS. The summed E-state index contributed by atoms with van der Waals surface area (Å²) in [5.74, 6) is 0.803. The molecule has 0 aromatic carbocycles. The van der Waals surface area contributed by atoms with Crippen molar-refractivity contribution in [1.29, 1.82) is 0 Å². The summed E-state index contributed by atoms with van der Waals surface area (Å²) >= 11 is 4.58. The lowest BCUT2D eigenvalue weighted by atomic mass is 9.71. The molecule has 82 valence electrons. The minimum Gasteiger partial charge on any atom is -0.391 e. The molecule has 1 N–H and O–H groups in total. The molecule has 0 spiro atoms. The SMILES string of the molecule is CCC(C)(C)C1CCC(NC)=C(S)C1. The third kappa shape index (κ3) is 2.47. The molecule has 1 nitrogen and oxygen atoms in total. The zero-order valence-corrected chi connectivity index (χ0v) is 10.7. The van der Waals surface area contributed by atoms with Crippen molar-refractivity contribution in [3.05, 3.63) is 10.6 Å². The second kappa shape index (κ2) is 4.61. The fourth-order valence-electron chi connectivity index (χ4n) is 2.15. The summed E-state index contributed by atoms with van der Waals surface area (Å²) in [6.45, 7) is 7.04. The van der Waals surface area contributed by atoms with Crippen molar-refractivity contribution >= 4 is 12.6 Å². The molecule has 0 radical (unpaired) electrons. The first-order valence-electron chi connectivity index (χ1n) is 5.60. The molecule has 1 aliphatic carbocycles. The van der Waals surface area contributed by atoms with E-state index in [2.05, 4.69) is 38.7 Å². The van der Waals surface area contributed by atoms with Gasteiger partial charge in [-0.25, -0.2) is 0 Å². The van der Waals surface area contributed by atoms with E-state index in [4.69, 9.17) is 0 Å². The maximum Gasteiger partial charge on any atom is 0.0198 e. The number of rotatable bonds is 3. The van der Waals surface area contributed by atoms with Gasteiger partial charge in [0.1, 0.15) is 0 Å². The van der Waals surface area contributed by atoms with Crippen LogP contribution in [0.15, 0.2) is 10.6 Å². The van der Waals surface area contributed by atoms with E-state index in [1.807, 2.05) is 7.05 Å². The van der Waals surface area contributed by atoms with Crippen LogP contribution in [0.25, 0.3) is 0 Å². The van der Waals surface area contributed by atoms with E-state index >= 15 is 0 Å². The van der Waals surface area contributed by atoms with Gasteiger partial charge >= 0.3 is 0 Å². The van der Waals surface area contributed by atoms with Gasteiger partial charge in [-0.05, 0) is 30.6 Å². The molecule has 0 fully saturated rings. The van der Waals surface area contributed by atoms with Gasteiger partial charge in [-0.2, -0.15) is 0 Å². The van der Waals surface area contributed by atoms with E-state index in [0.29, 0.717) is 5.41 Å². The average molecular weight is 213 g/mol. The fourth-order valence-corrected chi connectivity index (χ4v) is 2.59. The van der Waals surface area contributed by atoms with Crippen LogP contribution in [0.5, 0.6) is 0 Å². The third-order valence-corrected chi connectivity index (χ3v) is 4.30. The van der Waals surface area contributed by atoms with Gasteiger partial charge in [0.05, 0.1) is 0 Å². The predicted molar refractivity (Wildman–Crippen MR) is 66.5 cm³/mol. The number of hydrogen-bond acceptors (Lipinski definition) is 2. The summed E-state index contributed by atoms with van der Waals surface area (Å²) in [6, 6.07) is 0. The standard InChI is InChI=1S/C12H23NS/c1-5-12(2,3)9-6-7-10(13-4)11(14)8-9/h9,13-14H,5-8H2,1-4H3. The van der Waals surface area contributed by atoms with E-state index < -0.39 is 0 Å². The van der Waals surface area contributed by atoms with Crippen LogP contribution >= 0.6 is 12.6 Å². The average Bonchev–Trinajstić information content (AvgIpc) is 2.17. The summed E-state index contributed by atoms with van der Waals surface area (Å²) in [5.41, 5.74) is 1.81. The van der Waals surface area contributed by atoms with E-state index in [1.54, 1.807) is 0 Å². The first-order chi connectivity index (χ1) is 6.51. The van der Waals surface area contributed by atoms with Crippen LogP contribution in [0, 0.1) is 11.3 Å². The van der Waals surface area contributed by atoms with Gasteiger partial charge in [0, 0.05) is 17.6 Å². The Morgan fingerprint density at radius 2 is 2.14 bits per heavy atom. The topological polar surface area (TPSA) is 12.0 Å². The maximum absolute atomic E-state index is 4.58. The molecule has 1 unspecified atom stereocenters. The van der Waals surface area contributed by atoms with Crippen LogP contribution in [-0.2, 0) is 0 Å². The molecule has 14 heavy (non-hydrogen) atoms. The van der Waals surface area contributed by atoms with Gasteiger partial charge in [-0.15, -0.1) is 12.6 Å². The zero-order chi connectivity index (χ0) is 10.8. The van der Waals surface area contributed by atoms with E-state index in [0.717, 1.165) is 12.3 Å². The second-order valence-corrected chi connectivity index (χ2v) is 5.50. The minimum absolute atomic E-state index is 0.466. The van der Waals surface area contributed by atoms with Crippen molar-refractivity contribution in [3.63, 3.8) is 0 Å². The lowest BCUT2D eigenvalue weighted by Gasteiger charge is -2.37. The van der Waals surface area contributed by atoms with E-state index in [-0.39, 0.29) is 0 Å². The van der Waals surface area contributed by atoms with E-state index in [9.17, 15) is 0 Å². The van der Waals surface area contributed by atoms with Gasteiger partial charge in [-0.3, -0.25) is 0 Å². The smallest absolute Gasteiger partial charge is 0.0198 e. The molecule has 0 aromatic rings. The normalized spacial score (nSPS) is 23.9. The molecular weight excluding hydrogens is 190 g/mol. The Morgan fingerprint density at radius 1 is 1.50 bits per heavy atom. The first kappa shape index (κ1) is 12.0. The molecule has 1 aliphatic rings. The number of allylic oxidation sites excluding steroid dienone is 2. The Bertz CT molecular complexity index is 230. The molecule has 0 saturated heterocycles. The molecule has 1 rings (SSSR count). The summed E-state index contributed by atoms with van der Waals surface area (Å²) in [7, 11) is 2.00. The first-order valence-corrected chi connectivity index (χ1v) is 6.04. The van der Waals surface area contributed by atoms with Crippen LogP contribution in [0.4, 0.5) is 0 Å². The molecule has 2 heteroatoms. The Hall–Kier alpha value is -0.110. The lowest BCUT2D eigenvalue weighted by molar-refractivity contribution is 0.184. The Labute approximate surface area is 93.8 Å². The zero-order valence-electron chi connectivity index (χ0n) is 9.85. The van der Waals surface area contributed by atoms with Gasteiger partial charge in [0.25, 0.3) is 0 Å². The summed E-state index contributed by atoms with van der Waals surface area (Å²) < 4.78 is 0. The highest BCUT2D eigenvalue weighted by atomic mass is 32.1. The van der Waals surface area contributed by atoms with Crippen molar-refractivity contribution in [3.8, 4) is 0 Å². The predicted octanol–water partition coefficient (Wildman–Crippen LogP) is 3.58. The van der Waals surface area contributed by atoms with Crippen molar-refractivity contribution in [1.82, 2.24) is 5.32 Å². The van der Waals surface area contributed by atoms with Crippen molar-refractivity contribution < 1.29 is 0 Å². The highest BCUT2D eigenvalue weighted by molar-refractivity contribution is 7.84. The maximum atomic E-state index is 4.58. The van der Waals surface area contributed by atoms with Crippen LogP contribution in [-0.4, -0.2) is 7.05 Å². The van der Waals surface area contributed by atoms with Gasteiger partial charge in [0.15, 0.2) is 0 Å². The Kier molecular flexibility index (Phi) is 3.94. The molecule has 0 bridgehead atoms. The van der Waals surface area contributed by atoms with Crippen molar-refractivity contribution in [2.24, 2.45) is 11.3 Å². The fraction of sp³-hybridized carbons (Fsp3) is 0.833. The second-order valence-electron chi connectivity index (χ2n) is 4.96. The van der Waals surface area contributed by atoms with Gasteiger partial charge in [-0.1, -0.05) is 27.2 Å². The quantitative estimate of drug-likeness (QED) is 0.683. The summed E-state index contributed by atoms with van der Waals surface area (Å²) in [6.07, 6.45) is 4.89. The summed E-state index contributed by atoms with van der Waals surface area (Å²) in [4.78, 5) is 1.27. The number of hydrogen-bond donors (Lipinski definition) is 2. The minimum atomic E-state index is 0.466. The number of nitrogens with one attached hydrogen (secondary N) is 1. The molecule has 0 saturated carbocycles. The van der Waals surface area contributed by atoms with Crippen LogP contribution < -0.4 is 5.32 Å². The van der Waals surface area contributed by atoms with Crippen molar-refractivity contribution in [2.45, 2.75) is 46.5 Å². The Morgan fingerprint density at radius 3 is 2.57 bits per heavy atom. The van der Waals surface area contributed by atoms with Crippen LogP contribution in [0.1, 0.15) is 46.5 Å². The molecule has 0 heterocycles. The largest absolute Gasteiger partial charge is 0.391 e. The number of thiol groups is 1. The van der Waals surface area contributed by atoms with Gasteiger partial charge in [0.2, 0.25) is 0 Å². The molecule has 1 atom stereocenters. The van der Waals surface area contributed by atoms with Crippen molar-refractivity contribution in [2.75, 3.05) is 7.05 Å². The van der Waals surface area contributed by atoms with E-state index in [1.165, 1.54) is 29.9 Å². The summed E-state index contributed by atoms with van der Waals surface area (Å²) in [5, 5.41) is 3.25. The highest BCUT2D eigenvalue weighted by Gasteiger charge is 2.30. The highest BCUT2D eigenvalue weighted by Crippen LogP contribution is 2.42. The molecule has 0 aromatic heterocycles. The van der Waals surface area contributed by atoms with Crippen LogP contribution in [0.3, 0.4) is 0 Å². The monoisotopic (exact) mass is 213 g/mol. The Balaban J connectivity index is 2.69. The lowest BCUT2D eigenvalue weighted by Crippen LogP contribution is -2.27. The molecule has 0 amide bonds. The van der Waals surface area contributed by atoms with Gasteiger partial charge < -0.3 is 5.32 Å². The third-order valence-electron chi connectivity index (χ3n) is 3.85. The molecule has 0 aliphatic heterocycles. The van der Waals surface area contributed by atoms with Crippen LogP contribution in [0.2, 0.25) is 0 Å².